The highest BCUT2D eigenvalue weighted by Crippen LogP contribution is 2.63. The lowest BCUT2D eigenvalue weighted by molar-refractivity contribution is -0.0497. The van der Waals surface area contributed by atoms with Crippen LogP contribution in [0.4, 0.5) is 4.39 Å². The molecular weight excluding hydrogens is 201 g/mol. The third kappa shape index (κ3) is 1.90. The fourth-order valence-corrected chi connectivity index (χ4v) is 4.19. The van der Waals surface area contributed by atoms with E-state index >= 15 is 0 Å². The number of alkyl halides is 1. The van der Waals surface area contributed by atoms with Crippen molar-refractivity contribution in [2.24, 2.45) is 22.0 Å². The van der Waals surface area contributed by atoms with Gasteiger partial charge in [0.05, 0.1) is 0 Å². The molecule has 1 aliphatic carbocycles. The predicted octanol–water partition coefficient (Wildman–Crippen LogP) is 3.91. The van der Waals surface area contributed by atoms with E-state index in [1.807, 2.05) is 0 Å². The molecule has 1 saturated carbocycles. The molecule has 0 amide bonds. The molecule has 0 spiro atoms. The van der Waals surface area contributed by atoms with E-state index in [0.29, 0.717) is 12.8 Å². The first-order chi connectivity index (χ1) is 6.83. The van der Waals surface area contributed by atoms with Gasteiger partial charge < -0.3 is 5.73 Å². The van der Waals surface area contributed by atoms with Gasteiger partial charge in [-0.1, -0.05) is 41.5 Å². The van der Waals surface area contributed by atoms with Gasteiger partial charge in [-0.15, -0.1) is 0 Å². The monoisotopic (exact) mass is 229 g/mol. The molecule has 1 rings (SSSR count). The first kappa shape index (κ1) is 14.0. The molecule has 0 aromatic rings. The number of halogens is 1. The van der Waals surface area contributed by atoms with E-state index < -0.39 is 5.67 Å². The maximum atomic E-state index is 14.3. The second-order valence-corrected chi connectivity index (χ2v) is 7.87. The van der Waals surface area contributed by atoms with Gasteiger partial charge in [-0.25, -0.2) is 4.39 Å². The van der Waals surface area contributed by atoms with Gasteiger partial charge in [-0.05, 0) is 36.0 Å². The van der Waals surface area contributed by atoms with Gasteiger partial charge in [-0.2, -0.15) is 0 Å². The van der Waals surface area contributed by atoms with Gasteiger partial charge in [-0.3, -0.25) is 0 Å². The lowest BCUT2D eigenvalue weighted by atomic mass is 9.51. The van der Waals surface area contributed by atoms with Crippen LogP contribution in [0.1, 0.15) is 61.3 Å². The summed E-state index contributed by atoms with van der Waals surface area (Å²) >= 11 is 0. The van der Waals surface area contributed by atoms with Crippen LogP contribution in [-0.4, -0.2) is 11.7 Å². The normalized spacial score (nSPS) is 35.4. The van der Waals surface area contributed by atoms with Crippen molar-refractivity contribution in [3.8, 4) is 0 Å². The Kier molecular flexibility index (Phi) is 3.00. The third-order valence-electron chi connectivity index (χ3n) is 4.60. The fourth-order valence-electron chi connectivity index (χ4n) is 4.19. The van der Waals surface area contributed by atoms with Gasteiger partial charge >= 0.3 is 0 Å². The summed E-state index contributed by atoms with van der Waals surface area (Å²) in [6, 6.07) is -0.0532. The SMILES string of the molecule is CC1(F)C[C@@H](N)C(C(C)(C)C)(C(C)(C)C)C1. The Morgan fingerprint density at radius 3 is 1.56 bits per heavy atom. The van der Waals surface area contributed by atoms with E-state index in [4.69, 9.17) is 5.73 Å². The minimum atomic E-state index is -1.11. The maximum Gasteiger partial charge on any atom is 0.110 e. The van der Waals surface area contributed by atoms with Gasteiger partial charge in [0, 0.05) is 6.04 Å². The third-order valence-corrected chi connectivity index (χ3v) is 4.60. The molecule has 2 atom stereocenters. The predicted molar refractivity (Wildman–Crippen MR) is 68.1 cm³/mol. The smallest absolute Gasteiger partial charge is 0.110 e. The van der Waals surface area contributed by atoms with Crippen LogP contribution in [0, 0.1) is 16.2 Å². The molecule has 0 saturated heterocycles. The average Bonchev–Trinajstić information content (AvgIpc) is 2.17. The summed E-state index contributed by atoms with van der Waals surface area (Å²) in [6.07, 6.45) is 1.07. The molecule has 0 heterocycles. The summed E-state index contributed by atoms with van der Waals surface area (Å²) in [5, 5.41) is 0. The van der Waals surface area contributed by atoms with Crippen molar-refractivity contribution in [2.75, 3.05) is 0 Å². The van der Waals surface area contributed by atoms with Crippen molar-refractivity contribution < 1.29 is 4.39 Å². The summed E-state index contributed by atoms with van der Waals surface area (Å²) in [6.45, 7) is 14.9. The van der Waals surface area contributed by atoms with Crippen molar-refractivity contribution in [2.45, 2.75) is 73.0 Å². The number of rotatable bonds is 0. The largest absolute Gasteiger partial charge is 0.327 e. The quantitative estimate of drug-likeness (QED) is 0.669. The van der Waals surface area contributed by atoms with Crippen molar-refractivity contribution in [3.63, 3.8) is 0 Å². The Balaban J connectivity index is 3.29. The van der Waals surface area contributed by atoms with Gasteiger partial charge in [0.1, 0.15) is 5.67 Å². The van der Waals surface area contributed by atoms with Crippen LogP contribution in [0.2, 0.25) is 0 Å². The van der Waals surface area contributed by atoms with Crippen molar-refractivity contribution >= 4 is 0 Å². The van der Waals surface area contributed by atoms with Crippen molar-refractivity contribution in [1.82, 2.24) is 0 Å². The minimum Gasteiger partial charge on any atom is -0.327 e. The molecule has 16 heavy (non-hydrogen) atoms. The Labute approximate surface area is 100.0 Å². The van der Waals surface area contributed by atoms with E-state index in [2.05, 4.69) is 41.5 Å². The molecule has 0 bridgehead atoms. The number of hydrogen-bond acceptors (Lipinski definition) is 1. The number of nitrogens with two attached hydrogens (primary N) is 1. The minimum absolute atomic E-state index is 0.0223. The molecule has 1 unspecified atom stereocenters. The molecule has 1 fully saturated rings. The lowest BCUT2D eigenvalue weighted by Gasteiger charge is -2.54. The molecular formula is C14H28FN. The molecule has 96 valence electrons. The molecule has 0 radical (unpaired) electrons. The van der Waals surface area contributed by atoms with E-state index in [1.54, 1.807) is 6.92 Å². The zero-order valence-corrected chi connectivity index (χ0v) is 11.9. The second kappa shape index (κ2) is 3.44. The van der Waals surface area contributed by atoms with Crippen LogP contribution in [0.25, 0.3) is 0 Å². The molecule has 1 nitrogen and oxygen atoms in total. The van der Waals surface area contributed by atoms with Gasteiger partial charge in [0.25, 0.3) is 0 Å². The van der Waals surface area contributed by atoms with Crippen molar-refractivity contribution in [3.05, 3.63) is 0 Å². The van der Waals surface area contributed by atoms with Crippen LogP contribution in [-0.2, 0) is 0 Å². The second-order valence-electron chi connectivity index (χ2n) is 7.87. The summed E-state index contributed by atoms with van der Waals surface area (Å²) in [5.74, 6) is 0. The standard InChI is InChI=1S/C14H28FN/c1-11(2,3)14(12(4,5)6)9-13(7,15)8-10(14)16/h10H,8-9,16H2,1-7H3/t10-,13?/m1/s1. The molecule has 0 aromatic carbocycles. The summed E-state index contributed by atoms with van der Waals surface area (Å²) < 4.78 is 14.3. The van der Waals surface area contributed by atoms with Crippen LogP contribution >= 0.6 is 0 Å². The molecule has 2 heteroatoms. The molecule has 1 aliphatic rings. The van der Waals surface area contributed by atoms with Crippen molar-refractivity contribution in [1.29, 1.82) is 0 Å². The van der Waals surface area contributed by atoms with E-state index in [1.165, 1.54) is 0 Å². The zero-order chi connectivity index (χ0) is 13.0. The maximum absolute atomic E-state index is 14.3. The zero-order valence-electron chi connectivity index (χ0n) is 11.9. The Morgan fingerprint density at radius 2 is 1.44 bits per heavy atom. The number of hydrogen-bond donors (Lipinski definition) is 1. The highest BCUT2D eigenvalue weighted by molar-refractivity contribution is 5.13. The van der Waals surface area contributed by atoms with E-state index in [-0.39, 0.29) is 22.3 Å². The Hall–Kier alpha value is -0.110. The summed E-state index contributed by atoms with van der Waals surface area (Å²) in [5.41, 5.74) is 5.12. The summed E-state index contributed by atoms with van der Waals surface area (Å²) in [4.78, 5) is 0. The molecule has 2 N–H and O–H groups in total. The molecule has 0 aliphatic heterocycles. The van der Waals surface area contributed by atoms with E-state index in [0.717, 1.165) is 0 Å². The molecule has 0 aromatic heterocycles. The van der Waals surface area contributed by atoms with Crippen LogP contribution in [0.3, 0.4) is 0 Å². The van der Waals surface area contributed by atoms with Crippen LogP contribution in [0.5, 0.6) is 0 Å². The van der Waals surface area contributed by atoms with Gasteiger partial charge in [0.2, 0.25) is 0 Å². The summed E-state index contributed by atoms with van der Waals surface area (Å²) in [7, 11) is 0. The average molecular weight is 229 g/mol. The lowest BCUT2D eigenvalue weighted by Crippen LogP contribution is -2.54. The fraction of sp³-hybridized carbons (Fsp3) is 1.00. The highest BCUT2D eigenvalue weighted by atomic mass is 19.1. The van der Waals surface area contributed by atoms with Crippen LogP contribution in [0.15, 0.2) is 0 Å². The first-order valence-electron chi connectivity index (χ1n) is 6.28. The topological polar surface area (TPSA) is 26.0 Å². The van der Waals surface area contributed by atoms with Gasteiger partial charge in [0.15, 0.2) is 0 Å². The highest BCUT2D eigenvalue weighted by Gasteiger charge is 2.62. The van der Waals surface area contributed by atoms with Crippen LogP contribution < -0.4 is 5.73 Å². The first-order valence-corrected chi connectivity index (χ1v) is 6.28. The van der Waals surface area contributed by atoms with E-state index in [9.17, 15) is 4.39 Å². The Bertz CT molecular complexity index is 253. The Morgan fingerprint density at radius 1 is 1.06 bits per heavy atom.